The molecule has 0 radical (unpaired) electrons. The molecule has 2 N–H and O–H groups in total. The van der Waals surface area contributed by atoms with Gasteiger partial charge in [0.2, 0.25) is 0 Å². The van der Waals surface area contributed by atoms with Gasteiger partial charge < -0.3 is 20.3 Å². The Labute approximate surface area is 170 Å². The number of methoxy groups -OCH3 is 1. The van der Waals surface area contributed by atoms with Crippen molar-refractivity contribution in [2.24, 2.45) is 5.92 Å². The Balaban J connectivity index is 1.42. The van der Waals surface area contributed by atoms with Crippen LogP contribution in [-0.4, -0.2) is 32.1 Å². The van der Waals surface area contributed by atoms with Crippen molar-refractivity contribution in [3.05, 3.63) is 59.8 Å². The van der Waals surface area contributed by atoms with Gasteiger partial charge in [0.25, 0.3) is 5.91 Å². The topological polar surface area (TPSA) is 70.7 Å². The molecule has 0 saturated carbocycles. The molecule has 29 heavy (non-hydrogen) atoms. The minimum atomic E-state index is -0.106. The average molecular weight is 391 g/mol. The first kappa shape index (κ1) is 19.1. The fourth-order valence-electron chi connectivity index (χ4n) is 4.03. The number of amides is 1. The molecule has 2 heterocycles. The molecule has 6 nitrogen and oxygen atoms in total. The average Bonchev–Trinajstić information content (AvgIpc) is 3.08. The molecule has 1 fully saturated rings. The molecule has 0 atom stereocenters. The first-order valence-corrected chi connectivity index (χ1v) is 9.87. The van der Waals surface area contributed by atoms with Crippen molar-refractivity contribution in [3.8, 4) is 0 Å². The zero-order chi connectivity index (χ0) is 20.4. The van der Waals surface area contributed by atoms with E-state index in [-0.39, 0.29) is 17.8 Å². The van der Waals surface area contributed by atoms with E-state index in [1.165, 1.54) is 7.11 Å². The fraction of sp³-hybridized carbons (Fsp3) is 0.304. The van der Waals surface area contributed by atoms with Crippen LogP contribution in [0.4, 0.5) is 17.1 Å². The fourth-order valence-corrected chi connectivity index (χ4v) is 4.03. The zero-order valence-electron chi connectivity index (χ0n) is 16.7. The number of piperidine rings is 1. The molecule has 2 aliphatic rings. The number of aryl methyl sites for hydroxylation is 1. The highest BCUT2D eigenvalue weighted by Crippen LogP contribution is 2.34. The summed E-state index contributed by atoms with van der Waals surface area (Å²) in [7, 11) is 1.45. The van der Waals surface area contributed by atoms with Crippen LogP contribution in [0.1, 0.15) is 24.0 Å². The summed E-state index contributed by atoms with van der Waals surface area (Å²) in [4.78, 5) is 26.3. The predicted molar refractivity (Wildman–Crippen MR) is 115 cm³/mol. The third kappa shape index (κ3) is 3.83. The van der Waals surface area contributed by atoms with Crippen molar-refractivity contribution in [2.75, 3.05) is 35.7 Å². The number of fused-ring (bicyclic) bond motifs is 1. The monoisotopic (exact) mass is 391 g/mol. The maximum atomic E-state index is 12.3. The number of benzene rings is 2. The molecular weight excluding hydrogens is 366 g/mol. The second-order valence-corrected chi connectivity index (χ2v) is 7.49. The maximum Gasteiger partial charge on any atom is 0.308 e. The molecule has 0 aromatic heterocycles. The van der Waals surface area contributed by atoms with Crippen LogP contribution in [0.5, 0.6) is 0 Å². The van der Waals surface area contributed by atoms with E-state index in [4.69, 9.17) is 4.74 Å². The van der Waals surface area contributed by atoms with Crippen LogP contribution >= 0.6 is 0 Å². The molecule has 0 unspecified atom stereocenters. The van der Waals surface area contributed by atoms with E-state index in [2.05, 4.69) is 27.7 Å². The van der Waals surface area contributed by atoms with Gasteiger partial charge >= 0.3 is 5.97 Å². The first-order valence-electron chi connectivity index (χ1n) is 9.87. The van der Waals surface area contributed by atoms with Gasteiger partial charge in [-0.15, -0.1) is 0 Å². The Kier molecular flexibility index (Phi) is 5.25. The van der Waals surface area contributed by atoms with Gasteiger partial charge in [-0.1, -0.05) is 12.1 Å². The highest BCUT2D eigenvalue weighted by molar-refractivity contribution is 6.32. The number of carbonyl (C=O) groups is 2. The van der Waals surface area contributed by atoms with Crippen molar-refractivity contribution >= 4 is 34.5 Å². The predicted octanol–water partition coefficient (Wildman–Crippen LogP) is 3.79. The molecule has 0 aliphatic carbocycles. The van der Waals surface area contributed by atoms with Gasteiger partial charge in [0.05, 0.1) is 18.6 Å². The summed E-state index contributed by atoms with van der Waals surface area (Å²) in [5.41, 5.74) is 5.57. The number of nitrogens with zero attached hydrogens (tertiary/aromatic N) is 1. The Morgan fingerprint density at radius 3 is 2.59 bits per heavy atom. The summed E-state index contributed by atoms with van der Waals surface area (Å²) in [5.74, 6) is -0.190. The van der Waals surface area contributed by atoms with Crippen molar-refractivity contribution in [1.29, 1.82) is 0 Å². The molecule has 150 valence electrons. The molecule has 0 spiro atoms. The van der Waals surface area contributed by atoms with Gasteiger partial charge in [0, 0.05) is 41.9 Å². The second kappa shape index (κ2) is 7.99. The molecule has 2 aliphatic heterocycles. The number of hydrogen-bond donors (Lipinski definition) is 2. The standard InChI is InChI=1S/C23H25N3O3/c1-15-4-3-5-20-21(15)19(22(27)25-20)14-24-17-6-8-18(9-7-17)26-12-10-16(11-13-26)23(28)29-2/h3-9,14,16,24H,10-13H2,1-2H3,(H,25,27). The number of rotatable bonds is 4. The summed E-state index contributed by atoms with van der Waals surface area (Å²) in [6, 6.07) is 14.0. The van der Waals surface area contributed by atoms with Gasteiger partial charge in [-0.3, -0.25) is 9.59 Å². The van der Waals surface area contributed by atoms with E-state index in [1.54, 1.807) is 6.20 Å². The smallest absolute Gasteiger partial charge is 0.308 e. The van der Waals surface area contributed by atoms with E-state index in [9.17, 15) is 9.59 Å². The zero-order valence-corrected chi connectivity index (χ0v) is 16.7. The number of carbonyl (C=O) groups excluding carboxylic acids is 2. The summed E-state index contributed by atoms with van der Waals surface area (Å²) < 4.78 is 4.85. The normalized spacial score (nSPS) is 17.8. The Morgan fingerprint density at radius 2 is 1.90 bits per heavy atom. The van der Waals surface area contributed by atoms with Crippen molar-refractivity contribution < 1.29 is 14.3 Å². The van der Waals surface area contributed by atoms with Crippen LogP contribution in [-0.2, 0) is 14.3 Å². The molecule has 1 saturated heterocycles. The van der Waals surface area contributed by atoms with E-state index in [1.807, 2.05) is 37.3 Å². The molecule has 1 amide bonds. The quantitative estimate of drug-likeness (QED) is 0.613. The lowest BCUT2D eigenvalue weighted by molar-refractivity contribution is -0.146. The number of anilines is 3. The third-order valence-corrected chi connectivity index (χ3v) is 5.68. The molecule has 0 bridgehead atoms. The first-order chi connectivity index (χ1) is 14.1. The van der Waals surface area contributed by atoms with Gasteiger partial charge in [0.1, 0.15) is 0 Å². The highest BCUT2D eigenvalue weighted by atomic mass is 16.5. The number of esters is 1. The van der Waals surface area contributed by atoms with Gasteiger partial charge in [-0.25, -0.2) is 0 Å². The highest BCUT2D eigenvalue weighted by Gasteiger charge is 2.26. The minimum Gasteiger partial charge on any atom is -0.469 e. The molecule has 4 rings (SSSR count). The van der Waals surface area contributed by atoms with Crippen LogP contribution in [0, 0.1) is 12.8 Å². The van der Waals surface area contributed by atoms with E-state index >= 15 is 0 Å². The molecular formula is C23H25N3O3. The summed E-state index contributed by atoms with van der Waals surface area (Å²) in [5, 5.41) is 6.15. The molecule has 2 aromatic carbocycles. The van der Waals surface area contributed by atoms with E-state index in [0.29, 0.717) is 5.57 Å². The lowest BCUT2D eigenvalue weighted by Gasteiger charge is -2.32. The van der Waals surface area contributed by atoms with E-state index in [0.717, 1.165) is 54.1 Å². The van der Waals surface area contributed by atoms with Crippen molar-refractivity contribution in [3.63, 3.8) is 0 Å². The minimum absolute atomic E-state index is 0.00714. The van der Waals surface area contributed by atoms with Gasteiger partial charge in [-0.05, 0) is 55.7 Å². The van der Waals surface area contributed by atoms with Crippen LogP contribution in [0.25, 0.3) is 5.57 Å². The van der Waals surface area contributed by atoms with Gasteiger partial charge in [0.15, 0.2) is 0 Å². The van der Waals surface area contributed by atoms with Crippen LogP contribution in [0.3, 0.4) is 0 Å². The van der Waals surface area contributed by atoms with Crippen LogP contribution in [0.15, 0.2) is 48.7 Å². The lowest BCUT2D eigenvalue weighted by Crippen LogP contribution is -2.36. The van der Waals surface area contributed by atoms with Crippen molar-refractivity contribution in [2.45, 2.75) is 19.8 Å². The lowest BCUT2D eigenvalue weighted by atomic mass is 9.96. The second-order valence-electron chi connectivity index (χ2n) is 7.49. The maximum absolute atomic E-state index is 12.3. The van der Waals surface area contributed by atoms with Gasteiger partial charge in [-0.2, -0.15) is 0 Å². The summed E-state index contributed by atoms with van der Waals surface area (Å²) >= 11 is 0. The van der Waals surface area contributed by atoms with Crippen LogP contribution < -0.4 is 15.5 Å². The SMILES string of the molecule is COC(=O)C1CCN(c2ccc(NC=C3C(=O)Nc4cccc(C)c43)cc2)CC1. The number of nitrogens with one attached hydrogen (secondary N) is 2. The van der Waals surface area contributed by atoms with Crippen LogP contribution in [0.2, 0.25) is 0 Å². The third-order valence-electron chi connectivity index (χ3n) is 5.68. The largest absolute Gasteiger partial charge is 0.469 e. The Hall–Kier alpha value is -3.28. The van der Waals surface area contributed by atoms with Crippen molar-refractivity contribution in [1.82, 2.24) is 0 Å². The van der Waals surface area contributed by atoms with E-state index < -0.39 is 0 Å². The molecule has 2 aromatic rings. The molecule has 6 heteroatoms. The number of hydrogen-bond acceptors (Lipinski definition) is 5. The summed E-state index contributed by atoms with van der Waals surface area (Å²) in [6.45, 7) is 3.69. The Morgan fingerprint density at radius 1 is 1.17 bits per heavy atom. The number of ether oxygens (including phenoxy) is 1. The summed E-state index contributed by atoms with van der Waals surface area (Å²) in [6.07, 6.45) is 3.39. The Bertz CT molecular complexity index is 958.